The molecule has 32 heavy (non-hydrogen) atoms. The fourth-order valence-electron chi connectivity index (χ4n) is 3.57. The molecule has 3 N–H and O–H groups in total. The van der Waals surface area contributed by atoms with Crippen molar-refractivity contribution in [3.05, 3.63) is 71.2 Å². The van der Waals surface area contributed by atoms with E-state index in [2.05, 4.69) is 20.8 Å². The lowest BCUT2D eigenvalue weighted by Crippen LogP contribution is -2.49. The van der Waals surface area contributed by atoms with Gasteiger partial charge in [-0.3, -0.25) is 19.5 Å². The van der Waals surface area contributed by atoms with E-state index >= 15 is 0 Å². The molecule has 164 valence electrons. The number of H-pyrrole nitrogens is 1. The molecule has 4 rings (SSSR count). The van der Waals surface area contributed by atoms with Crippen LogP contribution in [0.15, 0.2) is 48.5 Å². The topological polar surface area (TPSA) is 107 Å². The summed E-state index contributed by atoms with van der Waals surface area (Å²) in [4.78, 5) is 38.2. The Morgan fingerprint density at radius 2 is 1.84 bits per heavy atom. The highest BCUT2D eigenvalue weighted by Gasteiger charge is 2.22. The zero-order chi connectivity index (χ0) is 22.7. The maximum Gasteiger partial charge on any atom is 0.254 e. The number of anilines is 1. The quantitative estimate of drug-likeness (QED) is 0.572. The molecule has 0 unspecified atom stereocenters. The molecule has 1 aliphatic heterocycles. The van der Waals surface area contributed by atoms with Gasteiger partial charge in [-0.2, -0.15) is 5.10 Å². The normalized spacial score (nSPS) is 13.6. The molecule has 1 saturated heterocycles. The summed E-state index contributed by atoms with van der Waals surface area (Å²) in [7, 11) is 0. The van der Waals surface area contributed by atoms with Crippen molar-refractivity contribution in [1.29, 1.82) is 0 Å². The molecule has 1 fully saturated rings. The van der Waals surface area contributed by atoms with Gasteiger partial charge in [0, 0.05) is 41.2 Å². The van der Waals surface area contributed by atoms with Crippen LogP contribution in [0.2, 0.25) is 0 Å². The number of carbonyl (C=O) groups is 3. The van der Waals surface area contributed by atoms with Gasteiger partial charge in [-0.05, 0) is 55.5 Å². The molecular weight excluding hydrogens is 413 g/mol. The Kier molecular flexibility index (Phi) is 5.98. The number of hydrogen-bond acceptors (Lipinski definition) is 4. The van der Waals surface area contributed by atoms with Gasteiger partial charge in [0.15, 0.2) is 0 Å². The number of piperazine rings is 1. The van der Waals surface area contributed by atoms with E-state index in [1.807, 2.05) is 6.92 Å². The lowest BCUT2D eigenvalue weighted by atomic mass is 10.0. The number of hydrogen-bond donors (Lipinski definition) is 3. The van der Waals surface area contributed by atoms with E-state index < -0.39 is 0 Å². The molecule has 9 heteroatoms. The van der Waals surface area contributed by atoms with Crippen LogP contribution in [0.5, 0.6) is 0 Å². The molecule has 0 atom stereocenters. The number of aromatic nitrogens is 2. The van der Waals surface area contributed by atoms with E-state index in [9.17, 15) is 18.8 Å². The van der Waals surface area contributed by atoms with Crippen LogP contribution in [0, 0.1) is 12.7 Å². The summed E-state index contributed by atoms with van der Waals surface area (Å²) in [6, 6.07) is 12.5. The Morgan fingerprint density at radius 3 is 2.53 bits per heavy atom. The van der Waals surface area contributed by atoms with Crippen LogP contribution in [-0.2, 0) is 16.0 Å². The van der Waals surface area contributed by atoms with Gasteiger partial charge in [-0.1, -0.05) is 0 Å². The maximum atomic E-state index is 13.2. The highest BCUT2D eigenvalue weighted by Crippen LogP contribution is 2.25. The van der Waals surface area contributed by atoms with Crippen molar-refractivity contribution in [2.24, 2.45) is 0 Å². The molecule has 0 aliphatic carbocycles. The van der Waals surface area contributed by atoms with Gasteiger partial charge in [0.1, 0.15) is 5.82 Å². The minimum atomic E-state index is -0.342. The molecule has 0 saturated carbocycles. The van der Waals surface area contributed by atoms with E-state index in [1.54, 1.807) is 36.4 Å². The van der Waals surface area contributed by atoms with Crippen LogP contribution in [0.1, 0.15) is 21.6 Å². The molecule has 0 spiro atoms. The van der Waals surface area contributed by atoms with E-state index in [0.29, 0.717) is 35.6 Å². The predicted octanol–water partition coefficient (Wildman–Crippen LogP) is 2.28. The lowest BCUT2D eigenvalue weighted by Gasteiger charge is -2.26. The molecule has 1 aromatic heterocycles. The first-order chi connectivity index (χ1) is 15.4. The number of aryl methyl sites for hydroxylation is 1. The van der Waals surface area contributed by atoms with Gasteiger partial charge < -0.3 is 15.5 Å². The maximum absolute atomic E-state index is 13.2. The Bertz CT molecular complexity index is 1160. The van der Waals surface area contributed by atoms with Crippen LogP contribution < -0.4 is 10.6 Å². The predicted molar refractivity (Wildman–Crippen MR) is 116 cm³/mol. The average molecular weight is 435 g/mol. The van der Waals surface area contributed by atoms with Crippen molar-refractivity contribution in [2.75, 3.05) is 25.0 Å². The molecule has 3 amide bonds. The molecule has 3 aromatic rings. The van der Waals surface area contributed by atoms with Crippen LogP contribution >= 0.6 is 0 Å². The minimum absolute atomic E-state index is 0.0394. The zero-order valence-electron chi connectivity index (χ0n) is 17.4. The molecular formula is C23H22FN5O3. The van der Waals surface area contributed by atoms with Crippen LogP contribution in [0.4, 0.5) is 10.1 Å². The number of carbonyl (C=O) groups excluding carboxylic acids is 3. The Balaban J connectivity index is 1.42. The van der Waals surface area contributed by atoms with Gasteiger partial charge in [-0.15, -0.1) is 0 Å². The van der Waals surface area contributed by atoms with Crippen LogP contribution in [-0.4, -0.2) is 52.5 Å². The molecule has 2 aromatic carbocycles. The second kappa shape index (κ2) is 9.01. The van der Waals surface area contributed by atoms with Gasteiger partial charge >= 0.3 is 0 Å². The summed E-state index contributed by atoms with van der Waals surface area (Å²) in [6.07, 6.45) is 0.0820. The van der Waals surface area contributed by atoms with Gasteiger partial charge in [0.25, 0.3) is 5.91 Å². The van der Waals surface area contributed by atoms with Gasteiger partial charge in [0.2, 0.25) is 11.8 Å². The highest BCUT2D eigenvalue weighted by molar-refractivity contribution is 5.98. The average Bonchev–Trinajstić information content (AvgIpc) is 3.14. The number of nitrogens with one attached hydrogen (secondary N) is 3. The Labute approximate surface area is 183 Å². The number of nitrogens with zero attached hydrogens (tertiary/aromatic N) is 2. The fourth-order valence-corrected chi connectivity index (χ4v) is 3.57. The standard InChI is InChI=1S/C23H22FN5O3/c1-14-19(22(28-27-14)15-2-6-17(24)7-3-15)12-20(30)26-18-8-4-16(5-9-18)23(32)29-11-10-25-21(31)13-29/h2-9H,10-13H2,1H3,(H,25,31)(H,26,30)(H,27,28). The number of benzene rings is 2. The van der Waals surface area contributed by atoms with E-state index in [4.69, 9.17) is 0 Å². The third kappa shape index (κ3) is 4.66. The summed E-state index contributed by atoms with van der Waals surface area (Å²) in [6.45, 7) is 2.76. The number of amides is 3. The summed E-state index contributed by atoms with van der Waals surface area (Å²) in [5, 5.41) is 12.6. The van der Waals surface area contributed by atoms with Crippen molar-refractivity contribution < 1.29 is 18.8 Å². The molecule has 0 bridgehead atoms. The van der Waals surface area contributed by atoms with E-state index in [1.165, 1.54) is 17.0 Å². The second-order valence-corrected chi connectivity index (χ2v) is 7.56. The van der Waals surface area contributed by atoms with Crippen molar-refractivity contribution in [3.63, 3.8) is 0 Å². The summed E-state index contributed by atoms with van der Waals surface area (Å²) in [5.74, 6) is -0.992. The third-order valence-corrected chi connectivity index (χ3v) is 5.27. The van der Waals surface area contributed by atoms with Crippen molar-refractivity contribution in [1.82, 2.24) is 20.4 Å². The van der Waals surface area contributed by atoms with Crippen LogP contribution in [0.25, 0.3) is 11.3 Å². The number of aromatic amines is 1. The smallest absolute Gasteiger partial charge is 0.254 e. The van der Waals surface area contributed by atoms with Gasteiger partial charge in [-0.25, -0.2) is 4.39 Å². The summed E-state index contributed by atoms with van der Waals surface area (Å²) in [5.41, 5.74) is 3.79. The summed E-state index contributed by atoms with van der Waals surface area (Å²) < 4.78 is 13.2. The van der Waals surface area contributed by atoms with Crippen LogP contribution in [0.3, 0.4) is 0 Å². The first-order valence-electron chi connectivity index (χ1n) is 10.2. The fraction of sp³-hybridized carbons (Fsp3) is 0.217. The minimum Gasteiger partial charge on any atom is -0.353 e. The van der Waals surface area contributed by atoms with E-state index in [-0.39, 0.29) is 36.5 Å². The highest BCUT2D eigenvalue weighted by atomic mass is 19.1. The summed E-state index contributed by atoms with van der Waals surface area (Å²) >= 11 is 0. The van der Waals surface area contributed by atoms with Crippen molar-refractivity contribution >= 4 is 23.4 Å². The number of halogens is 1. The zero-order valence-corrected chi connectivity index (χ0v) is 17.4. The Hall–Kier alpha value is -4.01. The second-order valence-electron chi connectivity index (χ2n) is 7.56. The monoisotopic (exact) mass is 435 g/mol. The molecule has 8 nitrogen and oxygen atoms in total. The molecule has 2 heterocycles. The third-order valence-electron chi connectivity index (χ3n) is 5.27. The SMILES string of the molecule is Cc1[nH]nc(-c2ccc(F)cc2)c1CC(=O)Nc1ccc(C(=O)N2CCNC(=O)C2)cc1. The number of rotatable bonds is 5. The lowest BCUT2D eigenvalue weighted by molar-refractivity contribution is -0.123. The van der Waals surface area contributed by atoms with Crippen molar-refractivity contribution in [2.45, 2.75) is 13.3 Å². The van der Waals surface area contributed by atoms with E-state index in [0.717, 1.165) is 11.3 Å². The van der Waals surface area contributed by atoms with Crippen molar-refractivity contribution in [3.8, 4) is 11.3 Å². The first kappa shape index (κ1) is 21.2. The largest absolute Gasteiger partial charge is 0.353 e. The first-order valence-corrected chi connectivity index (χ1v) is 10.2. The van der Waals surface area contributed by atoms with Gasteiger partial charge in [0.05, 0.1) is 18.7 Å². The Morgan fingerprint density at radius 1 is 1.12 bits per heavy atom. The molecule has 1 aliphatic rings. The molecule has 0 radical (unpaired) electrons.